The van der Waals surface area contributed by atoms with Gasteiger partial charge in [0.05, 0.1) is 30.7 Å². The monoisotopic (exact) mass is 377 g/mol. The molecule has 2 rings (SSSR count). The number of rotatable bonds is 5. The Balaban J connectivity index is 2.28. The summed E-state index contributed by atoms with van der Waals surface area (Å²) in [6.07, 6.45) is 0.0859. The highest BCUT2D eigenvalue weighted by atomic mass is 79.9. The van der Waals surface area contributed by atoms with Crippen LogP contribution in [0.4, 0.5) is 5.69 Å². The highest BCUT2D eigenvalue weighted by Gasteiger charge is 2.16. The summed E-state index contributed by atoms with van der Waals surface area (Å²) in [6.45, 7) is 0. The van der Waals surface area contributed by atoms with Crippen molar-refractivity contribution in [3.8, 4) is 5.75 Å². The Bertz CT molecular complexity index is 730. The first-order valence-electron chi connectivity index (χ1n) is 6.85. The Hall–Kier alpha value is -2.34. The van der Waals surface area contributed by atoms with Gasteiger partial charge < -0.3 is 14.8 Å². The van der Waals surface area contributed by atoms with Crippen LogP contribution in [0.2, 0.25) is 0 Å². The van der Waals surface area contributed by atoms with Crippen LogP contribution in [0.5, 0.6) is 5.75 Å². The molecule has 2 aromatic rings. The number of anilines is 1. The lowest BCUT2D eigenvalue weighted by atomic mass is 10.1. The summed E-state index contributed by atoms with van der Waals surface area (Å²) >= 11 is 3.35. The van der Waals surface area contributed by atoms with Crippen molar-refractivity contribution in [2.45, 2.75) is 6.42 Å². The van der Waals surface area contributed by atoms with Gasteiger partial charge in [0.15, 0.2) is 0 Å². The van der Waals surface area contributed by atoms with Crippen molar-refractivity contribution in [3.63, 3.8) is 0 Å². The van der Waals surface area contributed by atoms with E-state index in [2.05, 4.69) is 26.0 Å². The lowest BCUT2D eigenvalue weighted by Gasteiger charge is -2.13. The predicted molar refractivity (Wildman–Crippen MR) is 90.8 cm³/mol. The molecule has 0 atom stereocenters. The number of carbonyl (C=O) groups is 2. The number of nitrogens with one attached hydrogen (secondary N) is 1. The van der Waals surface area contributed by atoms with Crippen LogP contribution in [0, 0.1) is 0 Å². The third-order valence-electron chi connectivity index (χ3n) is 3.24. The fourth-order valence-corrected chi connectivity index (χ4v) is 2.64. The SMILES string of the molecule is COC(=O)Cc1ccccc1NC(=O)c1cccc(Br)c1OC. The van der Waals surface area contributed by atoms with E-state index in [0.717, 1.165) is 0 Å². The normalized spacial score (nSPS) is 10.0. The predicted octanol–water partition coefficient (Wildman–Crippen LogP) is 3.43. The minimum atomic E-state index is -0.369. The molecule has 0 bridgehead atoms. The van der Waals surface area contributed by atoms with E-state index in [0.29, 0.717) is 27.0 Å². The van der Waals surface area contributed by atoms with Crippen molar-refractivity contribution >= 4 is 33.5 Å². The van der Waals surface area contributed by atoms with Crippen LogP contribution in [0.15, 0.2) is 46.9 Å². The van der Waals surface area contributed by atoms with E-state index in [1.54, 1.807) is 42.5 Å². The van der Waals surface area contributed by atoms with Gasteiger partial charge in [0, 0.05) is 5.69 Å². The fourth-order valence-electron chi connectivity index (χ4n) is 2.11. The highest BCUT2D eigenvalue weighted by molar-refractivity contribution is 9.10. The molecule has 120 valence electrons. The molecule has 0 aromatic heterocycles. The van der Waals surface area contributed by atoms with E-state index in [-0.39, 0.29) is 18.3 Å². The first-order valence-corrected chi connectivity index (χ1v) is 7.64. The Kier molecular flexibility index (Phi) is 5.76. The van der Waals surface area contributed by atoms with Crippen molar-refractivity contribution in [2.24, 2.45) is 0 Å². The summed E-state index contributed by atoms with van der Waals surface area (Å²) in [5.74, 6) is -0.234. The van der Waals surface area contributed by atoms with Crippen molar-refractivity contribution in [2.75, 3.05) is 19.5 Å². The number of amides is 1. The first-order chi connectivity index (χ1) is 11.1. The number of esters is 1. The molecule has 0 radical (unpaired) electrons. The molecule has 0 heterocycles. The Morgan fingerprint density at radius 1 is 1.09 bits per heavy atom. The van der Waals surface area contributed by atoms with Gasteiger partial charge in [0.25, 0.3) is 5.91 Å². The van der Waals surface area contributed by atoms with Gasteiger partial charge in [0.2, 0.25) is 0 Å². The number of carbonyl (C=O) groups excluding carboxylic acids is 2. The third-order valence-corrected chi connectivity index (χ3v) is 3.87. The molecule has 5 nitrogen and oxygen atoms in total. The molecule has 23 heavy (non-hydrogen) atoms. The minimum Gasteiger partial charge on any atom is -0.495 e. The molecule has 2 aromatic carbocycles. The summed E-state index contributed by atoms with van der Waals surface area (Å²) in [6, 6.07) is 12.3. The molecule has 0 saturated heterocycles. The quantitative estimate of drug-likeness (QED) is 0.810. The summed E-state index contributed by atoms with van der Waals surface area (Å²) in [5.41, 5.74) is 1.64. The van der Waals surface area contributed by atoms with Crippen molar-refractivity contribution in [3.05, 3.63) is 58.1 Å². The number of halogens is 1. The van der Waals surface area contributed by atoms with E-state index >= 15 is 0 Å². The largest absolute Gasteiger partial charge is 0.495 e. The van der Waals surface area contributed by atoms with Gasteiger partial charge in [-0.2, -0.15) is 0 Å². The Morgan fingerprint density at radius 2 is 1.83 bits per heavy atom. The Labute approximate surface area is 142 Å². The second kappa shape index (κ2) is 7.78. The van der Waals surface area contributed by atoms with Crippen molar-refractivity contribution in [1.29, 1.82) is 0 Å². The average molecular weight is 378 g/mol. The highest BCUT2D eigenvalue weighted by Crippen LogP contribution is 2.29. The van der Waals surface area contributed by atoms with Crippen LogP contribution in [-0.2, 0) is 16.0 Å². The second-order valence-electron chi connectivity index (χ2n) is 4.68. The van der Waals surface area contributed by atoms with Gasteiger partial charge >= 0.3 is 5.97 Å². The summed E-state index contributed by atoms with van der Waals surface area (Å²) < 4.78 is 10.6. The molecule has 0 fully saturated rings. The van der Waals surface area contributed by atoms with E-state index in [1.165, 1.54) is 14.2 Å². The van der Waals surface area contributed by atoms with Gasteiger partial charge in [-0.15, -0.1) is 0 Å². The maximum atomic E-state index is 12.5. The third kappa shape index (κ3) is 4.10. The van der Waals surface area contributed by atoms with E-state index < -0.39 is 0 Å². The maximum absolute atomic E-state index is 12.5. The van der Waals surface area contributed by atoms with Crippen molar-refractivity contribution in [1.82, 2.24) is 0 Å². The van der Waals surface area contributed by atoms with Crippen LogP contribution in [-0.4, -0.2) is 26.1 Å². The van der Waals surface area contributed by atoms with Gasteiger partial charge in [-0.05, 0) is 39.7 Å². The molecular weight excluding hydrogens is 362 g/mol. The molecular formula is C17H16BrNO4. The zero-order chi connectivity index (χ0) is 16.8. The molecule has 0 aliphatic heterocycles. The zero-order valence-corrected chi connectivity index (χ0v) is 14.3. The van der Waals surface area contributed by atoms with Crippen LogP contribution < -0.4 is 10.1 Å². The van der Waals surface area contributed by atoms with Gasteiger partial charge in [0.1, 0.15) is 5.75 Å². The smallest absolute Gasteiger partial charge is 0.310 e. The lowest BCUT2D eigenvalue weighted by Crippen LogP contribution is -2.16. The average Bonchev–Trinajstić information content (AvgIpc) is 2.56. The van der Waals surface area contributed by atoms with Crippen LogP contribution >= 0.6 is 15.9 Å². The molecule has 0 unspecified atom stereocenters. The molecule has 0 aliphatic rings. The van der Waals surface area contributed by atoms with Gasteiger partial charge in [-0.3, -0.25) is 9.59 Å². The number of hydrogen-bond donors (Lipinski definition) is 1. The number of para-hydroxylation sites is 2. The molecule has 1 N–H and O–H groups in total. The zero-order valence-electron chi connectivity index (χ0n) is 12.8. The number of benzene rings is 2. The molecule has 0 saturated carbocycles. The molecule has 1 amide bonds. The molecule has 6 heteroatoms. The maximum Gasteiger partial charge on any atom is 0.310 e. The minimum absolute atomic E-state index is 0.0859. The number of methoxy groups -OCH3 is 2. The summed E-state index contributed by atoms with van der Waals surface area (Å²) in [7, 11) is 2.83. The van der Waals surface area contributed by atoms with Crippen molar-refractivity contribution < 1.29 is 19.1 Å². The van der Waals surface area contributed by atoms with Gasteiger partial charge in [-0.1, -0.05) is 24.3 Å². The van der Waals surface area contributed by atoms with E-state index in [9.17, 15) is 9.59 Å². The number of ether oxygens (including phenoxy) is 2. The number of hydrogen-bond acceptors (Lipinski definition) is 4. The summed E-state index contributed by atoms with van der Waals surface area (Å²) in [4.78, 5) is 24.0. The van der Waals surface area contributed by atoms with Crippen LogP contribution in [0.3, 0.4) is 0 Å². The standard InChI is InChI=1S/C17H16BrNO4/c1-22-15(20)10-11-6-3-4-9-14(11)19-17(21)12-7-5-8-13(18)16(12)23-2/h3-9H,10H2,1-2H3,(H,19,21). The topological polar surface area (TPSA) is 64.6 Å². The van der Waals surface area contributed by atoms with Crippen LogP contribution in [0.25, 0.3) is 0 Å². The molecule has 0 spiro atoms. The fraction of sp³-hybridized carbons (Fsp3) is 0.176. The second-order valence-corrected chi connectivity index (χ2v) is 5.54. The van der Waals surface area contributed by atoms with Gasteiger partial charge in [-0.25, -0.2) is 0 Å². The van der Waals surface area contributed by atoms with E-state index in [1.807, 2.05) is 0 Å². The Morgan fingerprint density at radius 3 is 2.52 bits per heavy atom. The van der Waals surface area contributed by atoms with Crippen LogP contribution in [0.1, 0.15) is 15.9 Å². The van der Waals surface area contributed by atoms with E-state index in [4.69, 9.17) is 4.74 Å². The summed E-state index contributed by atoms with van der Waals surface area (Å²) in [5, 5.41) is 2.81. The molecule has 0 aliphatic carbocycles. The lowest BCUT2D eigenvalue weighted by molar-refractivity contribution is -0.139. The first kappa shape index (κ1) is 17.0.